The standard InChI is InChI=1S/C14H14N4O3/c15-18-11-7-16-4-3-10(11)14(19)17-6-9-1-2-12-13(5-9)21-8-20-12/h1-5,7,18H,6,8,15H2,(H,17,19). The predicted molar refractivity (Wildman–Crippen MR) is 75.8 cm³/mol. The van der Waals surface area contributed by atoms with Gasteiger partial charge in [-0.25, -0.2) is 0 Å². The van der Waals surface area contributed by atoms with Crippen molar-refractivity contribution < 1.29 is 14.3 Å². The Balaban J connectivity index is 1.68. The summed E-state index contributed by atoms with van der Waals surface area (Å²) in [7, 11) is 0. The number of nitrogen functional groups attached to an aromatic ring is 1. The number of hydrogen-bond acceptors (Lipinski definition) is 6. The predicted octanol–water partition coefficient (Wildman–Crippen LogP) is 1.03. The van der Waals surface area contributed by atoms with Gasteiger partial charge in [-0.3, -0.25) is 15.6 Å². The van der Waals surface area contributed by atoms with E-state index >= 15 is 0 Å². The van der Waals surface area contributed by atoms with Crippen LogP contribution in [0.25, 0.3) is 0 Å². The highest BCUT2D eigenvalue weighted by Gasteiger charge is 2.14. The first kappa shape index (κ1) is 13.2. The molecule has 2 aromatic rings. The van der Waals surface area contributed by atoms with E-state index in [1.807, 2.05) is 18.2 Å². The van der Waals surface area contributed by atoms with E-state index in [2.05, 4.69) is 15.7 Å². The fraction of sp³-hybridized carbons (Fsp3) is 0.143. The lowest BCUT2D eigenvalue weighted by atomic mass is 10.2. The molecule has 1 aliphatic heterocycles. The van der Waals surface area contributed by atoms with Gasteiger partial charge in [-0.1, -0.05) is 6.07 Å². The summed E-state index contributed by atoms with van der Waals surface area (Å²) in [6, 6.07) is 7.15. The SMILES string of the molecule is NNc1cnccc1C(=O)NCc1ccc2c(c1)OCO2. The maximum Gasteiger partial charge on any atom is 0.253 e. The molecule has 3 rings (SSSR count). The highest BCUT2D eigenvalue weighted by molar-refractivity contribution is 5.99. The fourth-order valence-electron chi connectivity index (χ4n) is 2.04. The van der Waals surface area contributed by atoms with E-state index < -0.39 is 0 Å². The summed E-state index contributed by atoms with van der Waals surface area (Å²) in [5, 5.41) is 2.82. The third-order valence-corrected chi connectivity index (χ3v) is 3.11. The van der Waals surface area contributed by atoms with Gasteiger partial charge in [0.1, 0.15) is 0 Å². The molecule has 7 nitrogen and oxygen atoms in total. The number of nitrogens with one attached hydrogen (secondary N) is 2. The third kappa shape index (κ3) is 2.72. The average Bonchev–Trinajstić information content (AvgIpc) is 3.00. The van der Waals surface area contributed by atoms with Crippen molar-refractivity contribution in [2.45, 2.75) is 6.54 Å². The Labute approximate surface area is 121 Å². The first-order valence-electron chi connectivity index (χ1n) is 6.35. The monoisotopic (exact) mass is 286 g/mol. The minimum Gasteiger partial charge on any atom is -0.454 e. The van der Waals surface area contributed by atoms with E-state index in [0.717, 1.165) is 5.56 Å². The van der Waals surface area contributed by atoms with E-state index in [0.29, 0.717) is 29.3 Å². The normalized spacial score (nSPS) is 12.0. The molecule has 7 heteroatoms. The van der Waals surface area contributed by atoms with Crippen LogP contribution in [0.5, 0.6) is 11.5 Å². The first-order chi connectivity index (χ1) is 10.3. The van der Waals surface area contributed by atoms with Crippen LogP contribution < -0.4 is 26.1 Å². The number of pyridine rings is 1. The molecule has 1 aliphatic rings. The number of fused-ring (bicyclic) bond motifs is 1. The van der Waals surface area contributed by atoms with Crippen LogP contribution in [0.15, 0.2) is 36.7 Å². The summed E-state index contributed by atoms with van der Waals surface area (Å²) in [6.45, 7) is 0.607. The van der Waals surface area contributed by atoms with Crippen molar-refractivity contribution >= 4 is 11.6 Å². The lowest BCUT2D eigenvalue weighted by Crippen LogP contribution is -2.24. The molecular formula is C14H14N4O3. The molecular weight excluding hydrogens is 272 g/mol. The quantitative estimate of drug-likeness (QED) is 0.573. The maximum absolute atomic E-state index is 12.1. The molecule has 0 radical (unpaired) electrons. The van der Waals surface area contributed by atoms with Crippen molar-refractivity contribution in [3.8, 4) is 11.5 Å². The average molecular weight is 286 g/mol. The Hall–Kier alpha value is -2.80. The zero-order valence-corrected chi connectivity index (χ0v) is 11.1. The Morgan fingerprint density at radius 3 is 3.00 bits per heavy atom. The van der Waals surface area contributed by atoms with E-state index in [4.69, 9.17) is 15.3 Å². The summed E-state index contributed by atoms with van der Waals surface area (Å²) in [4.78, 5) is 16.0. The van der Waals surface area contributed by atoms with Crippen molar-refractivity contribution in [2.24, 2.45) is 5.84 Å². The highest BCUT2D eigenvalue weighted by atomic mass is 16.7. The molecule has 0 saturated carbocycles. The second-order valence-electron chi connectivity index (χ2n) is 4.44. The van der Waals surface area contributed by atoms with Gasteiger partial charge < -0.3 is 20.2 Å². The van der Waals surface area contributed by atoms with Gasteiger partial charge in [0.2, 0.25) is 6.79 Å². The number of carbonyl (C=O) groups excluding carboxylic acids is 1. The number of nitrogens with zero attached hydrogens (tertiary/aromatic N) is 1. The molecule has 4 N–H and O–H groups in total. The van der Waals surface area contributed by atoms with E-state index in [-0.39, 0.29) is 12.7 Å². The molecule has 21 heavy (non-hydrogen) atoms. The van der Waals surface area contributed by atoms with Gasteiger partial charge in [0.05, 0.1) is 17.4 Å². The number of rotatable bonds is 4. The Kier molecular flexibility index (Phi) is 3.57. The van der Waals surface area contributed by atoms with Crippen LogP contribution in [-0.4, -0.2) is 17.7 Å². The molecule has 1 aromatic heterocycles. The molecule has 2 heterocycles. The molecule has 0 unspecified atom stereocenters. The molecule has 1 amide bonds. The zero-order chi connectivity index (χ0) is 14.7. The largest absolute Gasteiger partial charge is 0.454 e. The van der Waals surface area contributed by atoms with Gasteiger partial charge >= 0.3 is 0 Å². The number of hydrazine groups is 1. The summed E-state index contributed by atoms with van der Waals surface area (Å²) < 4.78 is 10.5. The number of anilines is 1. The van der Waals surface area contributed by atoms with Crippen LogP contribution in [0.1, 0.15) is 15.9 Å². The minimum atomic E-state index is -0.233. The molecule has 1 aromatic carbocycles. The van der Waals surface area contributed by atoms with Crippen LogP contribution in [-0.2, 0) is 6.54 Å². The smallest absolute Gasteiger partial charge is 0.253 e. The van der Waals surface area contributed by atoms with Crippen LogP contribution in [0, 0.1) is 0 Å². The van der Waals surface area contributed by atoms with Crippen LogP contribution in [0.4, 0.5) is 5.69 Å². The van der Waals surface area contributed by atoms with Gasteiger partial charge in [0, 0.05) is 12.7 Å². The number of hydrogen-bond donors (Lipinski definition) is 3. The van der Waals surface area contributed by atoms with Crippen LogP contribution >= 0.6 is 0 Å². The number of carbonyl (C=O) groups is 1. The fourth-order valence-corrected chi connectivity index (χ4v) is 2.04. The maximum atomic E-state index is 12.1. The number of benzene rings is 1. The second-order valence-corrected chi connectivity index (χ2v) is 4.44. The Bertz CT molecular complexity index is 675. The molecule has 0 aliphatic carbocycles. The van der Waals surface area contributed by atoms with E-state index in [9.17, 15) is 4.79 Å². The number of nitrogens with two attached hydrogens (primary N) is 1. The lowest BCUT2D eigenvalue weighted by Gasteiger charge is -2.09. The Morgan fingerprint density at radius 1 is 1.29 bits per heavy atom. The summed E-state index contributed by atoms with van der Waals surface area (Å²) in [5.41, 5.74) is 4.28. The summed E-state index contributed by atoms with van der Waals surface area (Å²) >= 11 is 0. The van der Waals surface area contributed by atoms with Gasteiger partial charge in [0.25, 0.3) is 5.91 Å². The van der Waals surface area contributed by atoms with Gasteiger partial charge in [-0.15, -0.1) is 0 Å². The number of ether oxygens (including phenoxy) is 2. The molecule has 108 valence electrons. The number of aromatic nitrogens is 1. The Morgan fingerprint density at radius 2 is 2.14 bits per heavy atom. The van der Waals surface area contributed by atoms with E-state index in [1.54, 1.807) is 6.07 Å². The molecule has 0 bridgehead atoms. The van der Waals surface area contributed by atoms with Crippen molar-refractivity contribution in [2.75, 3.05) is 12.2 Å². The van der Waals surface area contributed by atoms with Crippen molar-refractivity contribution in [3.63, 3.8) is 0 Å². The molecule has 0 fully saturated rings. The van der Waals surface area contributed by atoms with Gasteiger partial charge in [-0.2, -0.15) is 0 Å². The third-order valence-electron chi connectivity index (χ3n) is 3.11. The van der Waals surface area contributed by atoms with E-state index in [1.165, 1.54) is 12.4 Å². The molecule has 0 spiro atoms. The van der Waals surface area contributed by atoms with Crippen molar-refractivity contribution in [1.29, 1.82) is 0 Å². The zero-order valence-electron chi connectivity index (χ0n) is 11.1. The highest BCUT2D eigenvalue weighted by Crippen LogP contribution is 2.32. The van der Waals surface area contributed by atoms with Crippen molar-refractivity contribution in [3.05, 3.63) is 47.8 Å². The molecule has 0 atom stereocenters. The van der Waals surface area contributed by atoms with Crippen LogP contribution in [0.2, 0.25) is 0 Å². The van der Waals surface area contributed by atoms with Gasteiger partial charge in [-0.05, 0) is 23.8 Å². The lowest BCUT2D eigenvalue weighted by molar-refractivity contribution is 0.0951. The number of amides is 1. The summed E-state index contributed by atoms with van der Waals surface area (Å²) in [5.74, 6) is 6.53. The van der Waals surface area contributed by atoms with Crippen LogP contribution in [0.3, 0.4) is 0 Å². The second kappa shape index (κ2) is 5.68. The van der Waals surface area contributed by atoms with Gasteiger partial charge in [0.15, 0.2) is 11.5 Å². The van der Waals surface area contributed by atoms with Crippen molar-refractivity contribution in [1.82, 2.24) is 10.3 Å². The summed E-state index contributed by atoms with van der Waals surface area (Å²) in [6.07, 6.45) is 3.03. The molecule has 0 saturated heterocycles. The minimum absolute atomic E-state index is 0.230. The first-order valence-corrected chi connectivity index (χ1v) is 6.35. The topological polar surface area (TPSA) is 98.5 Å².